The third-order valence-corrected chi connectivity index (χ3v) is 4.72. The highest BCUT2D eigenvalue weighted by Gasteiger charge is 2.19. The molecule has 3 rings (SSSR count). The van der Waals surface area contributed by atoms with Crippen molar-refractivity contribution in [3.8, 4) is 11.3 Å². The minimum absolute atomic E-state index is 0.0507. The first-order valence-electron chi connectivity index (χ1n) is 7.48. The van der Waals surface area contributed by atoms with Crippen LogP contribution in [0.1, 0.15) is 0 Å². The highest BCUT2D eigenvalue weighted by molar-refractivity contribution is 7.13. The van der Waals surface area contributed by atoms with E-state index in [2.05, 4.69) is 16.5 Å². The Balaban J connectivity index is 1.97. The molecule has 7 heteroatoms. The van der Waals surface area contributed by atoms with Crippen molar-refractivity contribution in [3.05, 3.63) is 81.7 Å². The Morgan fingerprint density at radius 3 is 2.72 bits per heavy atom. The van der Waals surface area contributed by atoms with Crippen LogP contribution in [0.15, 0.2) is 66.6 Å². The Hall–Kier alpha value is -2.70. The second-order valence-electron chi connectivity index (χ2n) is 5.26. The van der Waals surface area contributed by atoms with Crippen LogP contribution in [0.25, 0.3) is 11.3 Å². The van der Waals surface area contributed by atoms with E-state index in [1.165, 1.54) is 23.5 Å². The fourth-order valence-electron chi connectivity index (χ4n) is 2.42. The van der Waals surface area contributed by atoms with E-state index >= 15 is 0 Å². The van der Waals surface area contributed by atoms with Crippen LogP contribution < -0.4 is 9.88 Å². The van der Waals surface area contributed by atoms with E-state index in [9.17, 15) is 10.1 Å². The molecule has 0 aliphatic carbocycles. The molecule has 0 aliphatic rings. The van der Waals surface area contributed by atoms with Gasteiger partial charge >= 0.3 is 5.13 Å². The summed E-state index contributed by atoms with van der Waals surface area (Å²) in [5, 5.41) is 17.8. The number of aromatic nitrogens is 1. The van der Waals surface area contributed by atoms with E-state index in [0.29, 0.717) is 17.3 Å². The van der Waals surface area contributed by atoms with Crippen molar-refractivity contribution in [2.75, 3.05) is 5.32 Å². The Bertz CT molecular complexity index is 922. The van der Waals surface area contributed by atoms with Gasteiger partial charge in [0, 0.05) is 22.0 Å². The number of anilines is 2. The summed E-state index contributed by atoms with van der Waals surface area (Å²) >= 11 is 7.49. The van der Waals surface area contributed by atoms with Crippen LogP contribution in [-0.2, 0) is 6.54 Å². The summed E-state index contributed by atoms with van der Waals surface area (Å²) in [5.74, 6) is 0. The minimum Gasteiger partial charge on any atom is -0.258 e. The summed E-state index contributed by atoms with van der Waals surface area (Å²) in [6.45, 7) is 4.43. The third-order valence-electron chi connectivity index (χ3n) is 3.58. The second-order valence-corrected chi connectivity index (χ2v) is 6.56. The summed E-state index contributed by atoms with van der Waals surface area (Å²) in [6.07, 6.45) is 1.81. The molecule has 1 aromatic heterocycles. The van der Waals surface area contributed by atoms with E-state index in [-0.39, 0.29) is 5.69 Å². The summed E-state index contributed by atoms with van der Waals surface area (Å²) in [5.41, 5.74) is 2.77. The summed E-state index contributed by atoms with van der Waals surface area (Å²) < 4.78 is 2.07. The van der Waals surface area contributed by atoms with Crippen LogP contribution in [-0.4, -0.2) is 4.92 Å². The number of allylic oxidation sites excluding steroid dienone is 1. The topological polar surface area (TPSA) is 59.0 Å². The first-order chi connectivity index (χ1) is 12.1. The van der Waals surface area contributed by atoms with E-state index in [1.54, 1.807) is 12.1 Å². The minimum atomic E-state index is -0.406. The van der Waals surface area contributed by atoms with Gasteiger partial charge in [-0.15, -0.1) is 0 Å². The fourth-order valence-corrected chi connectivity index (χ4v) is 3.51. The number of hydrogen-bond acceptors (Lipinski definition) is 4. The number of halogens is 1. The maximum atomic E-state index is 10.9. The van der Waals surface area contributed by atoms with E-state index in [4.69, 9.17) is 11.6 Å². The van der Waals surface area contributed by atoms with Gasteiger partial charge in [0.1, 0.15) is 17.9 Å². The Labute approximate surface area is 154 Å². The smallest absolute Gasteiger partial charge is 0.258 e. The molecular weight excluding hydrogens is 358 g/mol. The molecule has 1 N–H and O–H groups in total. The largest absolute Gasteiger partial charge is 0.339 e. The van der Waals surface area contributed by atoms with Crippen molar-refractivity contribution in [1.29, 1.82) is 0 Å². The van der Waals surface area contributed by atoms with Gasteiger partial charge in [0.15, 0.2) is 0 Å². The van der Waals surface area contributed by atoms with E-state index < -0.39 is 4.92 Å². The number of rotatable bonds is 6. The number of hydrogen-bond donors (Lipinski definition) is 1. The summed E-state index contributed by atoms with van der Waals surface area (Å²) in [4.78, 5) is 10.5. The van der Waals surface area contributed by atoms with Gasteiger partial charge < -0.3 is 0 Å². The zero-order valence-electron chi connectivity index (χ0n) is 13.2. The predicted octanol–water partition coefficient (Wildman–Crippen LogP) is 5.19. The molecule has 0 fully saturated rings. The lowest BCUT2D eigenvalue weighted by Gasteiger charge is -2.04. The van der Waals surface area contributed by atoms with Crippen LogP contribution in [0.2, 0.25) is 5.02 Å². The molecule has 0 saturated heterocycles. The van der Waals surface area contributed by atoms with Gasteiger partial charge in [0.2, 0.25) is 0 Å². The second kappa shape index (κ2) is 7.46. The van der Waals surface area contributed by atoms with Crippen molar-refractivity contribution in [2.24, 2.45) is 0 Å². The number of nitro benzene ring substituents is 1. The molecule has 0 radical (unpaired) electrons. The molecule has 2 aromatic carbocycles. The maximum absolute atomic E-state index is 10.9. The van der Waals surface area contributed by atoms with Gasteiger partial charge in [-0.05, 0) is 30.3 Å². The van der Waals surface area contributed by atoms with Gasteiger partial charge in [-0.2, -0.15) is 0 Å². The van der Waals surface area contributed by atoms with Crippen molar-refractivity contribution < 1.29 is 9.49 Å². The molecule has 0 bridgehead atoms. The fraction of sp³-hybridized carbons (Fsp3) is 0.0556. The lowest BCUT2D eigenvalue weighted by Crippen LogP contribution is -2.35. The molecule has 0 atom stereocenters. The molecule has 3 aromatic rings. The molecule has 0 unspecified atom stereocenters. The SMILES string of the molecule is C=CC[n+]1c(-c2ccc(Cl)cc2)csc1Nc1cccc([N+](=O)[O-])c1. The first-order valence-corrected chi connectivity index (χ1v) is 8.74. The standard InChI is InChI=1S/C18H14ClN3O2S/c1-2-10-21-17(13-6-8-14(19)9-7-13)12-25-18(21)20-15-4-3-5-16(11-15)22(23)24/h2-9,11-12H,1,10H2/p+1. The van der Waals surface area contributed by atoms with Crippen LogP contribution in [0, 0.1) is 10.1 Å². The zero-order chi connectivity index (χ0) is 17.8. The number of thiazole rings is 1. The highest BCUT2D eigenvalue weighted by atomic mass is 35.5. The molecule has 0 amide bonds. The summed E-state index contributed by atoms with van der Waals surface area (Å²) in [7, 11) is 0. The number of non-ortho nitro benzene ring substituents is 1. The van der Waals surface area contributed by atoms with Gasteiger partial charge in [-0.3, -0.25) is 10.1 Å². The molecule has 0 aliphatic heterocycles. The molecule has 126 valence electrons. The number of benzene rings is 2. The van der Waals surface area contributed by atoms with Crippen LogP contribution in [0.4, 0.5) is 16.5 Å². The lowest BCUT2D eigenvalue weighted by molar-refractivity contribution is -0.657. The average Bonchev–Trinajstić information content (AvgIpc) is 2.99. The first kappa shape index (κ1) is 17.1. The monoisotopic (exact) mass is 372 g/mol. The van der Waals surface area contributed by atoms with Gasteiger partial charge in [0.25, 0.3) is 5.69 Å². The predicted molar refractivity (Wildman–Crippen MR) is 102 cm³/mol. The molecule has 5 nitrogen and oxygen atoms in total. The van der Waals surface area contributed by atoms with Crippen molar-refractivity contribution in [2.45, 2.75) is 6.54 Å². The lowest BCUT2D eigenvalue weighted by atomic mass is 10.2. The van der Waals surface area contributed by atoms with Crippen molar-refractivity contribution in [1.82, 2.24) is 0 Å². The van der Waals surface area contributed by atoms with Crippen molar-refractivity contribution in [3.63, 3.8) is 0 Å². The van der Waals surface area contributed by atoms with Gasteiger partial charge in [-0.1, -0.05) is 41.7 Å². The van der Waals surface area contributed by atoms with Crippen LogP contribution in [0.5, 0.6) is 0 Å². The molecule has 0 saturated carbocycles. The van der Waals surface area contributed by atoms with Gasteiger partial charge in [-0.25, -0.2) is 9.88 Å². The van der Waals surface area contributed by atoms with E-state index in [0.717, 1.165) is 16.4 Å². The quantitative estimate of drug-likeness (QED) is 0.280. The highest BCUT2D eigenvalue weighted by Crippen LogP contribution is 2.27. The normalized spacial score (nSPS) is 10.4. The van der Waals surface area contributed by atoms with Crippen LogP contribution in [0.3, 0.4) is 0 Å². The number of nitrogens with zero attached hydrogens (tertiary/aromatic N) is 2. The zero-order valence-corrected chi connectivity index (χ0v) is 14.8. The Morgan fingerprint density at radius 2 is 2.04 bits per heavy atom. The Kier molecular flexibility index (Phi) is 5.11. The number of nitro groups is 1. The third kappa shape index (κ3) is 3.87. The van der Waals surface area contributed by atoms with Gasteiger partial charge in [0.05, 0.1) is 11.0 Å². The molecule has 25 heavy (non-hydrogen) atoms. The van der Waals surface area contributed by atoms with Crippen LogP contribution >= 0.6 is 22.9 Å². The van der Waals surface area contributed by atoms with Crippen molar-refractivity contribution >= 4 is 39.4 Å². The average molecular weight is 373 g/mol. The number of nitrogens with one attached hydrogen (secondary N) is 1. The molecular formula is C18H15ClN3O2S+. The van der Waals surface area contributed by atoms with E-state index in [1.807, 2.05) is 35.7 Å². The summed E-state index contributed by atoms with van der Waals surface area (Å²) in [6, 6.07) is 14.1. The maximum Gasteiger partial charge on any atom is 0.339 e. The molecule has 0 spiro atoms. The Morgan fingerprint density at radius 1 is 1.28 bits per heavy atom. The molecule has 1 heterocycles.